The monoisotopic (exact) mass is 314 g/mol. The Morgan fingerprint density at radius 2 is 1.68 bits per heavy atom. The molecule has 0 heterocycles. The maximum Gasteiger partial charge on any atom is 0.312 e. The number of hydrogen-bond acceptors (Lipinski definition) is 4. The lowest BCUT2D eigenvalue weighted by molar-refractivity contribution is -0.131. The molecule has 128 valence electrons. The molecule has 0 spiro atoms. The fourth-order valence-electron chi connectivity index (χ4n) is 2.23. The van der Waals surface area contributed by atoms with Crippen molar-refractivity contribution in [2.45, 2.75) is 52.6 Å². The van der Waals surface area contributed by atoms with Crippen molar-refractivity contribution >= 4 is 17.7 Å². The van der Waals surface area contributed by atoms with Crippen molar-refractivity contribution in [3.05, 3.63) is 0 Å². The predicted octanol–water partition coefficient (Wildman–Crippen LogP) is 0.389. The SMILES string of the molecule is CN[C@H](C(=O)NC(CCCNC(N)=O)C(=O)C(C)C)C(C)C. The van der Waals surface area contributed by atoms with Gasteiger partial charge in [0.2, 0.25) is 5.91 Å². The topological polar surface area (TPSA) is 113 Å². The Hall–Kier alpha value is -1.63. The van der Waals surface area contributed by atoms with Gasteiger partial charge in [0.1, 0.15) is 0 Å². The highest BCUT2D eigenvalue weighted by Crippen LogP contribution is 2.08. The van der Waals surface area contributed by atoms with Crippen LogP contribution in [0, 0.1) is 11.8 Å². The van der Waals surface area contributed by atoms with Crippen LogP contribution in [-0.4, -0.2) is 43.4 Å². The molecule has 5 N–H and O–H groups in total. The average molecular weight is 314 g/mol. The lowest BCUT2D eigenvalue weighted by Crippen LogP contribution is -2.52. The zero-order chi connectivity index (χ0) is 17.3. The first-order valence-corrected chi connectivity index (χ1v) is 7.75. The summed E-state index contributed by atoms with van der Waals surface area (Å²) in [6.45, 7) is 7.88. The van der Waals surface area contributed by atoms with Crippen LogP contribution in [0.5, 0.6) is 0 Å². The number of hydrogen-bond donors (Lipinski definition) is 4. The molecule has 22 heavy (non-hydrogen) atoms. The Kier molecular flexibility index (Phi) is 9.40. The molecule has 0 saturated heterocycles. The van der Waals surface area contributed by atoms with E-state index in [1.807, 2.05) is 13.8 Å². The van der Waals surface area contributed by atoms with Gasteiger partial charge in [-0.3, -0.25) is 9.59 Å². The second-order valence-corrected chi connectivity index (χ2v) is 6.06. The summed E-state index contributed by atoms with van der Waals surface area (Å²) >= 11 is 0. The first-order valence-electron chi connectivity index (χ1n) is 7.75. The summed E-state index contributed by atoms with van der Waals surface area (Å²) in [5, 5.41) is 8.26. The van der Waals surface area contributed by atoms with Crippen molar-refractivity contribution < 1.29 is 14.4 Å². The molecule has 0 aliphatic carbocycles. The van der Waals surface area contributed by atoms with Gasteiger partial charge in [0, 0.05) is 12.5 Å². The van der Waals surface area contributed by atoms with Gasteiger partial charge >= 0.3 is 6.03 Å². The third-order valence-corrected chi connectivity index (χ3v) is 3.46. The van der Waals surface area contributed by atoms with Crippen LogP contribution < -0.4 is 21.7 Å². The van der Waals surface area contributed by atoms with E-state index in [0.717, 1.165) is 0 Å². The number of nitrogens with one attached hydrogen (secondary N) is 3. The molecule has 0 aromatic heterocycles. The van der Waals surface area contributed by atoms with Crippen LogP contribution in [0.15, 0.2) is 0 Å². The molecule has 0 aromatic rings. The molecule has 0 saturated carbocycles. The van der Waals surface area contributed by atoms with E-state index in [0.29, 0.717) is 19.4 Å². The highest BCUT2D eigenvalue weighted by molar-refractivity contribution is 5.91. The maximum absolute atomic E-state index is 12.3. The number of rotatable bonds is 10. The molecule has 0 aromatic carbocycles. The van der Waals surface area contributed by atoms with E-state index in [1.165, 1.54) is 0 Å². The van der Waals surface area contributed by atoms with E-state index >= 15 is 0 Å². The summed E-state index contributed by atoms with van der Waals surface area (Å²) in [6.07, 6.45) is 1.04. The number of primary amides is 1. The van der Waals surface area contributed by atoms with Crippen LogP contribution in [0.25, 0.3) is 0 Å². The summed E-state index contributed by atoms with van der Waals surface area (Å²) in [7, 11) is 1.72. The zero-order valence-electron chi connectivity index (χ0n) is 14.2. The molecule has 0 aliphatic rings. The number of amides is 3. The minimum Gasteiger partial charge on any atom is -0.352 e. The fraction of sp³-hybridized carbons (Fsp3) is 0.800. The number of Topliss-reactive ketones (excluding diaryl/α,β-unsaturated/α-hetero) is 1. The van der Waals surface area contributed by atoms with Gasteiger partial charge in [0.25, 0.3) is 0 Å². The molecule has 3 amide bonds. The van der Waals surface area contributed by atoms with Crippen LogP contribution >= 0.6 is 0 Å². The molecule has 0 aliphatic heterocycles. The number of urea groups is 1. The number of nitrogens with two attached hydrogens (primary N) is 1. The molecule has 0 rings (SSSR count). The minimum atomic E-state index is -0.592. The lowest BCUT2D eigenvalue weighted by atomic mass is 9.96. The summed E-state index contributed by atoms with van der Waals surface area (Å²) in [4.78, 5) is 35.2. The molecule has 0 bridgehead atoms. The van der Waals surface area contributed by atoms with Crippen molar-refractivity contribution in [1.82, 2.24) is 16.0 Å². The molecule has 0 fully saturated rings. The Morgan fingerprint density at radius 1 is 1.09 bits per heavy atom. The maximum atomic E-state index is 12.3. The number of ketones is 1. The first-order chi connectivity index (χ1) is 10.2. The van der Waals surface area contributed by atoms with E-state index in [4.69, 9.17) is 5.73 Å². The molecule has 7 nitrogen and oxygen atoms in total. The van der Waals surface area contributed by atoms with Crippen molar-refractivity contribution in [3.63, 3.8) is 0 Å². The fourth-order valence-corrected chi connectivity index (χ4v) is 2.23. The molecular weight excluding hydrogens is 284 g/mol. The van der Waals surface area contributed by atoms with E-state index in [-0.39, 0.29) is 29.6 Å². The van der Waals surface area contributed by atoms with Crippen molar-refractivity contribution in [2.75, 3.05) is 13.6 Å². The number of carbonyl (C=O) groups is 3. The summed E-state index contributed by atoms with van der Waals surface area (Å²) < 4.78 is 0. The summed E-state index contributed by atoms with van der Waals surface area (Å²) in [5.74, 6) is -0.233. The second kappa shape index (κ2) is 10.2. The van der Waals surface area contributed by atoms with Crippen LogP contribution in [0.3, 0.4) is 0 Å². The highest BCUT2D eigenvalue weighted by Gasteiger charge is 2.27. The third-order valence-electron chi connectivity index (χ3n) is 3.46. The van der Waals surface area contributed by atoms with Gasteiger partial charge in [-0.25, -0.2) is 4.79 Å². The Labute approximate surface area is 132 Å². The largest absolute Gasteiger partial charge is 0.352 e. The summed E-state index contributed by atoms with van der Waals surface area (Å²) in [5.41, 5.74) is 4.99. The Morgan fingerprint density at radius 3 is 2.09 bits per heavy atom. The Balaban J connectivity index is 4.69. The predicted molar refractivity (Wildman–Crippen MR) is 86.3 cm³/mol. The molecule has 0 radical (unpaired) electrons. The van der Waals surface area contributed by atoms with Crippen molar-refractivity contribution in [1.29, 1.82) is 0 Å². The zero-order valence-corrected chi connectivity index (χ0v) is 14.2. The summed E-state index contributed by atoms with van der Waals surface area (Å²) in [6, 6.07) is -1.48. The minimum absolute atomic E-state index is 0.00830. The quantitative estimate of drug-likeness (QED) is 0.437. The normalized spacial score (nSPS) is 13.8. The van der Waals surface area contributed by atoms with E-state index in [9.17, 15) is 14.4 Å². The van der Waals surface area contributed by atoms with Crippen LogP contribution in [0.4, 0.5) is 4.79 Å². The van der Waals surface area contributed by atoms with Crippen molar-refractivity contribution in [2.24, 2.45) is 17.6 Å². The third kappa shape index (κ3) is 7.40. The van der Waals surface area contributed by atoms with E-state index < -0.39 is 12.1 Å². The highest BCUT2D eigenvalue weighted by atomic mass is 16.2. The van der Waals surface area contributed by atoms with Gasteiger partial charge in [0.05, 0.1) is 12.1 Å². The van der Waals surface area contributed by atoms with E-state index in [1.54, 1.807) is 20.9 Å². The standard InChI is InChI=1S/C15H30N4O3/c1-9(2)12(17-5)14(21)19-11(13(20)10(3)4)7-6-8-18-15(16)22/h9-12,17H,6-8H2,1-5H3,(H,19,21)(H3,16,18,22)/t11?,12-/m0/s1. The number of carbonyl (C=O) groups excluding carboxylic acids is 3. The lowest BCUT2D eigenvalue weighted by Gasteiger charge is -2.25. The van der Waals surface area contributed by atoms with Gasteiger partial charge in [-0.05, 0) is 25.8 Å². The average Bonchev–Trinajstić information content (AvgIpc) is 2.41. The van der Waals surface area contributed by atoms with Crippen LogP contribution in [0.1, 0.15) is 40.5 Å². The van der Waals surface area contributed by atoms with Crippen LogP contribution in [0.2, 0.25) is 0 Å². The number of likely N-dealkylation sites (N-methyl/N-ethyl adjacent to an activating group) is 1. The molecular formula is C15H30N4O3. The van der Waals surface area contributed by atoms with Gasteiger partial charge in [-0.1, -0.05) is 27.7 Å². The smallest absolute Gasteiger partial charge is 0.312 e. The van der Waals surface area contributed by atoms with Crippen molar-refractivity contribution in [3.8, 4) is 0 Å². The Bertz CT molecular complexity index is 383. The molecule has 2 atom stereocenters. The molecule has 1 unspecified atom stereocenters. The molecule has 7 heteroatoms. The van der Waals surface area contributed by atoms with Crippen LogP contribution in [-0.2, 0) is 9.59 Å². The van der Waals surface area contributed by atoms with Gasteiger partial charge in [-0.15, -0.1) is 0 Å². The van der Waals surface area contributed by atoms with Gasteiger partial charge in [0.15, 0.2) is 5.78 Å². The first kappa shape index (κ1) is 20.4. The van der Waals surface area contributed by atoms with E-state index in [2.05, 4.69) is 16.0 Å². The van der Waals surface area contributed by atoms with Gasteiger partial charge in [-0.2, -0.15) is 0 Å². The van der Waals surface area contributed by atoms with Gasteiger partial charge < -0.3 is 21.7 Å². The second-order valence-electron chi connectivity index (χ2n) is 6.06.